The lowest BCUT2D eigenvalue weighted by atomic mass is 10.1. The van der Waals surface area contributed by atoms with E-state index in [2.05, 4.69) is 5.32 Å². The Labute approximate surface area is 154 Å². The second kappa shape index (κ2) is 9.25. The molecule has 1 saturated heterocycles. The molecule has 0 radical (unpaired) electrons. The highest BCUT2D eigenvalue weighted by Crippen LogP contribution is 2.26. The number of nitrogens with zero attached hydrogens (tertiary/aromatic N) is 1. The third kappa shape index (κ3) is 5.10. The van der Waals surface area contributed by atoms with Crippen LogP contribution in [-0.4, -0.2) is 35.8 Å². The predicted octanol–water partition coefficient (Wildman–Crippen LogP) is 3.31. The number of carbonyl (C=O) groups is 2. The van der Waals surface area contributed by atoms with Gasteiger partial charge in [0.1, 0.15) is 0 Å². The molecule has 0 aliphatic carbocycles. The number of nitrogens with two attached hydrogens (primary N) is 1. The van der Waals surface area contributed by atoms with Crippen molar-refractivity contribution in [3.63, 3.8) is 0 Å². The van der Waals surface area contributed by atoms with Crippen LogP contribution in [0.3, 0.4) is 0 Å². The number of amides is 2. The Morgan fingerprint density at radius 3 is 2.75 bits per heavy atom. The Morgan fingerprint density at radius 1 is 1.42 bits per heavy atom. The molecule has 1 atom stereocenters. The van der Waals surface area contributed by atoms with Gasteiger partial charge in [-0.3, -0.25) is 9.59 Å². The SMILES string of the molecule is CC(C)CC(=O)Nc1ccc(Cl)c(C(=O)N2CCCC2CN)c1.Cl. The van der Waals surface area contributed by atoms with Gasteiger partial charge in [0.05, 0.1) is 10.6 Å². The van der Waals surface area contributed by atoms with Gasteiger partial charge in [-0.05, 0) is 37.0 Å². The monoisotopic (exact) mass is 373 g/mol. The molecule has 2 amide bonds. The molecule has 1 aliphatic rings. The number of halogens is 2. The molecule has 2 rings (SSSR count). The van der Waals surface area contributed by atoms with Crippen LogP contribution in [0.1, 0.15) is 43.5 Å². The van der Waals surface area contributed by atoms with Crippen LogP contribution in [0.4, 0.5) is 5.69 Å². The molecular formula is C17H25Cl2N3O2. The Balaban J connectivity index is 0.00000288. The van der Waals surface area contributed by atoms with Gasteiger partial charge in [-0.25, -0.2) is 0 Å². The van der Waals surface area contributed by atoms with Crippen molar-refractivity contribution in [3.8, 4) is 0 Å². The average molecular weight is 374 g/mol. The summed E-state index contributed by atoms with van der Waals surface area (Å²) in [5.74, 6) is 0.0861. The number of hydrogen-bond acceptors (Lipinski definition) is 3. The number of likely N-dealkylation sites (tertiary alicyclic amines) is 1. The third-order valence-corrected chi connectivity index (χ3v) is 4.31. The molecule has 0 aromatic heterocycles. The summed E-state index contributed by atoms with van der Waals surface area (Å²) in [5, 5.41) is 3.21. The predicted molar refractivity (Wildman–Crippen MR) is 99.9 cm³/mol. The first-order valence-corrected chi connectivity index (χ1v) is 8.40. The van der Waals surface area contributed by atoms with Crippen LogP contribution < -0.4 is 11.1 Å². The fraction of sp³-hybridized carbons (Fsp3) is 0.529. The van der Waals surface area contributed by atoms with Gasteiger partial charge in [-0.1, -0.05) is 25.4 Å². The quantitative estimate of drug-likeness (QED) is 0.830. The van der Waals surface area contributed by atoms with Crippen LogP contribution in [0, 0.1) is 5.92 Å². The molecule has 1 aromatic rings. The maximum atomic E-state index is 12.7. The minimum absolute atomic E-state index is 0. The molecule has 5 nitrogen and oxygen atoms in total. The van der Waals surface area contributed by atoms with E-state index >= 15 is 0 Å². The molecule has 134 valence electrons. The number of rotatable bonds is 5. The molecule has 3 N–H and O–H groups in total. The smallest absolute Gasteiger partial charge is 0.255 e. The second-order valence-corrected chi connectivity index (χ2v) is 6.78. The topological polar surface area (TPSA) is 75.4 Å². The van der Waals surface area contributed by atoms with Crippen LogP contribution in [-0.2, 0) is 4.79 Å². The average Bonchev–Trinajstić information content (AvgIpc) is 2.96. The summed E-state index contributed by atoms with van der Waals surface area (Å²) in [6, 6.07) is 5.07. The first kappa shape index (κ1) is 20.7. The van der Waals surface area contributed by atoms with Gasteiger partial charge in [0, 0.05) is 31.2 Å². The Morgan fingerprint density at radius 2 is 2.12 bits per heavy atom. The largest absolute Gasteiger partial charge is 0.334 e. The fourth-order valence-electron chi connectivity index (χ4n) is 2.85. The van der Waals surface area contributed by atoms with Crippen LogP contribution in [0.15, 0.2) is 18.2 Å². The summed E-state index contributed by atoms with van der Waals surface area (Å²) in [6.45, 7) is 5.11. The van der Waals surface area contributed by atoms with Crippen molar-refractivity contribution in [1.29, 1.82) is 0 Å². The molecule has 1 unspecified atom stereocenters. The van der Waals surface area contributed by atoms with Gasteiger partial charge in [0.15, 0.2) is 0 Å². The van der Waals surface area contributed by atoms with Crippen molar-refractivity contribution >= 4 is 41.5 Å². The number of carbonyl (C=O) groups excluding carboxylic acids is 2. The summed E-state index contributed by atoms with van der Waals surface area (Å²) >= 11 is 6.19. The normalized spacial score (nSPS) is 16.9. The van der Waals surface area contributed by atoms with Gasteiger partial charge in [-0.2, -0.15) is 0 Å². The van der Waals surface area contributed by atoms with Gasteiger partial charge in [-0.15, -0.1) is 12.4 Å². The maximum absolute atomic E-state index is 12.7. The number of benzene rings is 1. The highest BCUT2D eigenvalue weighted by molar-refractivity contribution is 6.34. The number of anilines is 1. The molecule has 1 aromatic carbocycles. The van der Waals surface area contributed by atoms with Crippen molar-refractivity contribution in [2.45, 2.75) is 39.2 Å². The lowest BCUT2D eigenvalue weighted by Gasteiger charge is -2.24. The lowest BCUT2D eigenvalue weighted by Crippen LogP contribution is -2.40. The minimum Gasteiger partial charge on any atom is -0.334 e. The van der Waals surface area contributed by atoms with Crippen molar-refractivity contribution < 1.29 is 9.59 Å². The van der Waals surface area contributed by atoms with E-state index in [9.17, 15) is 9.59 Å². The Hall–Kier alpha value is -1.30. The summed E-state index contributed by atoms with van der Waals surface area (Å²) in [7, 11) is 0. The second-order valence-electron chi connectivity index (χ2n) is 6.37. The van der Waals surface area contributed by atoms with E-state index in [4.69, 9.17) is 17.3 Å². The fourth-order valence-corrected chi connectivity index (χ4v) is 3.05. The Bertz CT molecular complexity index is 593. The van der Waals surface area contributed by atoms with Gasteiger partial charge in [0.25, 0.3) is 5.91 Å². The summed E-state index contributed by atoms with van der Waals surface area (Å²) in [4.78, 5) is 26.4. The van der Waals surface area contributed by atoms with E-state index in [0.29, 0.717) is 35.8 Å². The zero-order chi connectivity index (χ0) is 17.0. The maximum Gasteiger partial charge on any atom is 0.255 e. The molecule has 1 fully saturated rings. The van der Waals surface area contributed by atoms with Crippen LogP contribution in [0.5, 0.6) is 0 Å². The van der Waals surface area contributed by atoms with Gasteiger partial charge >= 0.3 is 0 Å². The zero-order valence-electron chi connectivity index (χ0n) is 14.0. The van der Waals surface area contributed by atoms with E-state index in [0.717, 1.165) is 12.8 Å². The highest BCUT2D eigenvalue weighted by atomic mass is 35.5. The third-order valence-electron chi connectivity index (χ3n) is 3.98. The molecule has 0 spiro atoms. The van der Waals surface area contributed by atoms with E-state index in [1.165, 1.54) is 0 Å². The van der Waals surface area contributed by atoms with E-state index in [1.807, 2.05) is 13.8 Å². The van der Waals surface area contributed by atoms with E-state index < -0.39 is 0 Å². The number of hydrogen-bond donors (Lipinski definition) is 2. The Kier molecular flexibility index (Phi) is 8.00. The molecule has 0 bridgehead atoms. The van der Waals surface area contributed by atoms with E-state index in [-0.39, 0.29) is 36.2 Å². The van der Waals surface area contributed by atoms with Crippen molar-refractivity contribution in [2.75, 3.05) is 18.4 Å². The summed E-state index contributed by atoms with van der Waals surface area (Å²) < 4.78 is 0. The first-order valence-electron chi connectivity index (χ1n) is 8.02. The summed E-state index contributed by atoms with van der Waals surface area (Å²) in [5.41, 5.74) is 6.74. The van der Waals surface area contributed by atoms with Crippen LogP contribution >= 0.6 is 24.0 Å². The van der Waals surface area contributed by atoms with Gasteiger partial charge in [0.2, 0.25) is 5.91 Å². The van der Waals surface area contributed by atoms with E-state index in [1.54, 1.807) is 23.1 Å². The molecule has 7 heteroatoms. The van der Waals surface area contributed by atoms with Gasteiger partial charge < -0.3 is 16.0 Å². The van der Waals surface area contributed by atoms with Crippen LogP contribution in [0.25, 0.3) is 0 Å². The molecule has 24 heavy (non-hydrogen) atoms. The standard InChI is InChI=1S/C17H24ClN3O2.ClH/c1-11(2)8-16(22)20-12-5-6-15(18)14(9-12)17(23)21-7-3-4-13(21)10-19;/h5-6,9,11,13H,3-4,7-8,10,19H2,1-2H3,(H,20,22);1H. The highest BCUT2D eigenvalue weighted by Gasteiger charge is 2.29. The lowest BCUT2D eigenvalue weighted by molar-refractivity contribution is -0.116. The molecule has 1 aliphatic heterocycles. The van der Waals surface area contributed by atoms with Crippen molar-refractivity contribution in [1.82, 2.24) is 4.90 Å². The molecule has 1 heterocycles. The molecular weight excluding hydrogens is 349 g/mol. The summed E-state index contributed by atoms with van der Waals surface area (Å²) in [6.07, 6.45) is 2.31. The zero-order valence-corrected chi connectivity index (χ0v) is 15.6. The first-order chi connectivity index (χ1) is 10.9. The van der Waals surface area contributed by atoms with Crippen molar-refractivity contribution in [2.24, 2.45) is 11.7 Å². The van der Waals surface area contributed by atoms with Crippen LogP contribution in [0.2, 0.25) is 5.02 Å². The van der Waals surface area contributed by atoms with Crippen molar-refractivity contribution in [3.05, 3.63) is 28.8 Å². The number of nitrogens with one attached hydrogen (secondary N) is 1. The molecule has 0 saturated carbocycles. The minimum atomic E-state index is -0.122.